The first-order valence-electron chi connectivity index (χ1n) is 7.03. The molecule has 0 heterocycles. The minimum Gasteiger partial charge on any atom is -0.484 e. The number of rotatable bonds is 7. The van der Waals surface area contributed by atoms with Crippen LogP contribution in [0.15, 0.2) is 24.3 Å². The van der Waals surface area contributed by atoms with Crippen molar-refractivity contribution in [2.24, 2.45) is 0 Å². The van der Waals surface area contributed by atoms with Crippen LogP contribution in [-0.4, -0.2) is 29.6 Å². The van der Waals surface area contributed by atoms with E-state index in [9.17, 15) is 4.79 Å². The van der Waals surface area contributed by atoms with Crippen molar-refractivity contribution < 1.29 is 9.53 Å². The Morgan fingerprint density at radius 1 is 1.25 bits per heavy atom. The Labute approximate surface area is 126 Å². The molecule has 0 atom stereocenters. The summed E-state index contributed by atoms with van der Waals surface area (Å²) < 4.78 is 5.68. The third-order valence-corrected chi connectivity index (χ3v) is 3.94. The van der Waals surface area contributed by atoms with Crippen molar-refractivity contribution in [1.82, 2.24) is 5.32 Å². The zero-order valence-corrected chi connectivity index (χ0v) is 13.7. The zero-order valence-electron chi connectivity index (χ0n) is 12.9. The molecule has 0 aliphatic heterocycles. The number of carbonyl (C=O) groups is 1. The summed E-state index contributed by atoms with van der Waals surface area (Å²) >= 11 is 1.84. The van der Waals surface area contributed by atoms with Gasteiger partial charge in [-0.15, -0.1) is 0 Å². The molecule has 1 N–H and O–H groups in total. The molecule has 0 radical (unpaired) electrons. The van der Waals surface area contributed by atoms with Gasteiger partial charge >= 0.3 is 0 Å². The summed E-state index contributed by atoms with van der Waals surface area (Å²) in [4.78, 5) is 11.6. The highest BCUT2D eigenvalue weighted by Crippen LogP contribution is 2.21. The maximum Gasteiger partial charge on any atom is 0.257 e. The van der Waals surface area contributed by atoms with Crippen molar-refractivity contribution in [3.8, 4) is 5.75 Å². The lowest BCUT2D eigenvalue weighted by atomic mass is 10.2. The molecule has 0 aliphatic carbocycles. The highest BCUT2D eigenvalue weighted by molar-refractivity contribution is 8.00. The summed E-state index contributed by atoms with van der Waals surface area (Å²) in [5.41, 5.74) is 1.26. The largest absolute Gasteiger partial charge is 0.484 e. The van der Waals surface area contributed by atoms with Gasteiger partial charge in [0, 0.05) is 17.0 Å². The predicted octanol–water partition coefficient (Wildman–Crippen LogP) is 3.28. The van der Waals surface area contributed by atoms with Crippen LogP contribution in [0.1, 0.15) is 33.3 Å². The second-order valence-corrected chi connectivity index (χ2v) is 7.52. The lowest BCUT2D eigenvalue weighted by Gasteiger charge is -2.17. The Bertz CT molecular complexity index is 409. The number of carbonyl (C=O) groups excluding carboxylic acids is 1. The maximum atomic E-state index is 11.6. The van der Waals surface area contributed by atoms with Crippen molar-refractivity contribution in [1.29, 1.82) is 0 Å². The first kappa shape index (κ1) is 16.9. The fourth-order valence-electron chi connectivity index (χ4n) is 1.57. The molecule has 1 rings (SSSR count). The number of benzene rings is 1. The van der Waals surface area contributed by atoms with E-state index in [1.807, 2.05) is 36.0 Å². The fraction of sp³-hybridized carbons (Fsp3) is 0.562. The topological polar surface area (TPSA) is 38.3 Å². The molecule has 1 aromatic carbocycles. The normalized spacial score (nSPS) is 11.2. The van der Waals surface area contributed by atoms with Crippen LogP contribution in [0, 0.1) is 0 Å². The maximum absolute atomic E-state index is 11.6. The molecule has 0 aromatic heterocycles. The summed E-state index contributed by atoms with van der Waals surface area (Å²) in [5.74, 6) is 1.58. The van der Waals surface area contributed by atoms with Crippen LogP contribution in [0.3, 0.4) is 0 Å². The highest BCUT2D eigenvalue weighted by Gasteiger charge is 2.10. The first-order chi connectivity index (χ1) is 9.40. The molecular formula is C16H25NO2S. The summed E-state index contributed by atoms with van der Waals surface area (Å²) in [6.45, 7) is 9.37. The van der Waals surface area contributed by atoms with Crippen molar-refractivity contribution in [2.75, 3.05) is 18.9 Å². The first-order valence-corrected chi connectivity index (χ1v) is 8.01. The van der Waals surface area contributed by atoms with E-state index in [0.29, 0.717) is 6.54 Å². The van der Waals surface area contributed by atoms with E-state index >= 15 is 0 Å². The quantitative estimate of drug-likeness (QED) is 0.785. The second kappa shape index (κ2) is 8.20. The van der Waals surface area contributed by atoms with E-state index in [2.05, 4.69) is 33.0 Å². The van der Waals surface area contributed by atoms with Crippen LogP contribution < -0.4 is 10.1 Å². The zero-order chi connectivity index (χ0) is 15.0. The van der Waals surface area contributed by atoms with E-state index < -0.39 is 0 Å². The van der Waals surface area contributed by atoms with Gasteiger partial charge in [-0.1, -0.05) is 39.8 Å². The Kier molecular flexibility index (Phi) is 6.93. The summed E-state index contributed by atoms with van der Waals surface area (Å²) in [6.07, 6.45) is 1.01. The van der Waals surface area contributed by atoms with Crippen LogP contribution in [0.2, 0.25) is 0 Å². The van der Waals surface area contributed by atoms with Crippen LogP contribution in [0.25, 0.3) is 0 Å². The van der Waals surface area contributed by atoms with Gasteiger partial charge in [0.2, 0.25) is 0 Å². The Morgan fingerprint density at radius 2 is 1.90 bits per heavy atom. The van der Waals surface area contributed by atoms with Gasteiger partial charge in [0.05, 0.1) is 0 Å². The standard InChI is InChI=1S/C16H25NO2S/c1-5-13-6-8-14(9-7-13)19-12-15(18)17-10-11-20-16(2,3)4/h6-9H,5,10-12H2,1-4H3,(H,17,18). The smallest absolute Gasteiger partial charge is 0.257 e. The molecule has 112 valence electrons. The van der Waals surface area contributed by atoms with E-state index in [0.717, 1.165) is 17.9 Å². The minimum absolute atomic E-state index is 0.0703. The molecule has 20 heavy (non-hydrogen) atoms. The van der Waals surface area contributed by atoms with Gasteiger partial charge in [0.1, 0.15) is 5.75 Å². The molecule has 0 bridgehead atoms. The van der Waals surface area contributed by atoms with Crippen LogP contribution in [0.4, 0.5) is 0 Å². The van der Waals surface area contributed by atoms with Crippen molar-refractivity contribution in [3.05, 3.63) is 29.8 Å². The number of hydrogen-bond donors (Lipinski definition) is 1. The van der Waals surface area contributed by atoms with Crippen LogP contribution in [0.5, 0.6) is 5.75 Å². The number of nitrogens with one attached hydrogen (secondary N) is 1. The minimum atomic E-state index is -0.0703. The summed E-state index contributed by atoms with van der Waals surface area (Å²) in [6, 6.07) is 7.85. The van der Waals surface area contributed by atoms with Gasteiger partial charge in [-0.2, -0.15) is 11.8 Å². The molecule has 0 saturated heterocycles. The highest BCUT2D eigenvalue weighted by atomic mass is 32.2. The lowest BCUT2D eigenvalue weighted by Crippen LogP contribution is -2.31. The van der Waals surface area contributed by atoms with Crippen molar-refractivity contribution >= 4 is 17.7 Å². The Balaban J connectivity index is 2.19. The Morgan fingerprint density at radius 3 is 2.45 bits per heavy atom. The molecule has 0 unspecified atom stereocenters. The SMILES string of the molecule is CCc1ccc(OCC(=O)NCCSC(C)(C)C)cc1. The van der Waals surface area contributed by atoms with Gasteiger partial charge < -0.3 is 10.1 Å². The molecule has 0 saturated carbocycles. The molecule has 4 heteroatoms. The Hall–Kier alpha value is -1.16. The number of thioether (sulfide) groups is 1. The van der Waals surface area contributed by atoms with Gasteiger partial charge in [-0.05, 0) is 24.1 Å². The average molecular weight is 295 g/mol. The molecular weight excluding hydrogens is 270 g/mol. The van der Waals surface area contributed by atoms with E-state index in [-0.39, 0.29) is 17.3 Å². The number of hydrogen-bond acceptors (Lipinski definition) is 3. The predicted molar refractivity (Wildman–Crippen MR) is 86.5 cm³/mol. The third-order valence-electron chi connectivity index (χ3n) is 2.66. The lowest BCUT2D eigenvalue weighted by molar-refractivity contribution is -0.122. The van der Waals surface area contributed by atoms with Crippen molar-refractivity contribution in [2.45, 2.75) is 38.9 Å². The van der Waals surface area contributed by atoms with Crippen molar-refractivity contribution in [3.63, 3.8) is 0 Å². The summed E-state index contributed by atoms with van der Waals surface area (Å²) in [5, 5.41) is 2.86. The van der Waals surface area contributed by atoms with E-state index in [1.165, 1.54) is 5.56 Å². The van der Waals surface area contributed by atoms with E-state index in [4.69, 9.17) is 4.74 Å². The third kappa shape index (κ3) is 7.43. The van der Waals surface area contributed by atoms with Gasteiger partial charge in [0.15, 0.2) is 6.61 Å². The fourth-order valence-corrected chi connectivity index (χ4v) is 2.39. The number of ether oxygens (including phenoxy) is 1. The number of amides is 1. The molecule has 0 fully saturated rings. The molecule has 1 amide bonds. The second-order valence-electron chi connectivity index (χ2n) is 5.60. The average Bonchev–Trinajstić information content (AvgIpc) is 2.41. The van der Waals surface area contributed by atoms with Crippen LogP contribution in [-0.2, 0) is 11.2 Å². The van der Waals surface area contributed by atoms with Gasteiger partial charge in [-0.3, -0.25) is 4.79 Å². The molecule has 1 aromatic rings. The van der Waals surface area contributed by atoms with Gasteiger partial charge in [0.25, 0.3) is 5.91 Å². The summed E-state index contributed by atoms with van der Waals surface area (Å²) in [7, 11) is 0. The molecule has 3 nitrogen and oxygen atoms in total. The number of aryl methyl sites for hydroxylation is 1. The monoisotopic (exact) mass is 295 g/mol. The molecule has 0 aliphatic rings. The van der Waals surface area contributed by atoms with E-state index in [1.54, 1.807) is 0 Å². The molecule has 0 spiro atoms. The van der Waals surface area contributed by atoms with Gasteiger partial charge in [-0.25, -0.2) is 0 Å². The van der Waals surface area contributed by atoms with Crippen LogP contribution >= 0.6 is 11.8 Å².